The van der Waals surface area contributed by atoms with Crippen LogP contribution < -0.4 is 16.4 Å². The van der Waals surface area contributed by atoms with E-state index >= 15 is 0 Å². The molecule has 0 unspecified atom stereocenters. The highest BCUT2D eigenvalue weighted by Gasteiger charge is 2.16. The molecule has 0 spiro atoms. The van der Waals surface area contributed by atoms with Crippen LogP contribution in [-0.2, 0) is 4.79 Å². The second-order valence-electron chi connectivity index (χ2n) is 5.46. The molecule has 0 aliphatic carbocycles. The first-order valence-corrected chi connectivity index (χ1v) is 7.61. The lowest BCUT2D eigenvalue weighted by Gasteiger charge is -2.12. The van der Waals surface area contributed by atoms with Crippen molar-refractivity contribution in [3.63, 3.8) is 0 Å². The third kappa shape index (κ3) is 4.87. The van der Waals surface area contributed by atoms with Gasteiger partial charge >= 0.3 is 0 Å². The Bertz CT molecular complexity index is 821. The van der Waals surface area contributed by atoms with Crippen LogP contribution in [0.1, 0.15) is 32.7 Å². The summed E-state index contributed by atoms with van der Waals surface area (Å²) in [6.07, 6.45) is 0.00870. The lowest BCUT2D eigenvalue weighted by molar-refractivity contribution is -0.117. The predicted molar refractivity (Wildman–Crippen MR) is 91.7 cm³/mol. The number of rotatable bonds is 6. The molecule has 0 radical (unpaired) electrons. The van der Waals surface area contributed by atoms with E-state index in [1.165, 1.54) is 24.3 Å². The number of nitrogens with two attached hydrogens (primary N) is 1. The summed E-state index contributed by atoms with van der Waals surface area (Å²) >= 11 is 0. The highest BCUT2D eigenvalue weighted by atomic mass is 19.1. The van der Waals surface area contributed by atoms with Gasteiger partial charge in [-0.1, -0.05) is 23.8 Å². The molecule has 0 aliphatic heterocycles. The van der Waals surface area contributed by atoms with Gasteiger partial charge in [0.15, 0.2) is 0 Å². The van der Waals surface area contributed by atoms with Crippen LogP contribution in [0.3, 0.4) is 0 Å². The van der Waals surface area contributed by atoms with Crippen molar-refractivity contribution in [2.75, 3.05) is 11.9 Å². The Hall–Kier alpha value is -3.22. The molecule has 0 aliphatic rings. The lowest BCUT2D eigenvalue weighted by Crippen LogP contribution is -2.29. The van der Waals surface area contributed by atoms with E-state index in [1.54, 1.807) is 25.1 Å². The summed E-state index contributed by atoms with van der Waals surface area (Å²) in [5.41, 5.74) is 6.10. The average Bonchev–Trinajstić information content (AvgIpc) is 2.57. The van der Waals surface area contributed by atoms with Gasteiger partial charge in [-0.2, -0.15) is 0 Å². The minimum absolute atomic E-state index is 0.00870. The summed E-state index contributed by atoms with van der Waals surface area (Å²) in [5.74, 6) is -2.30. The van der Waals surface area contributed by atoms with E-state index in [9.17, 15) is 18.8 Å². The molecular formula is C18H18FN3O3. The number of hydrogen-bond acceptors (Lipinski definition) is 3. The van der Waals surface area contributed by atoms with E-state index in [4.69, 9.17) is 5.73 Å². The molecule has 0 fully saturated rings. The second-order valence-corrected chi connectivity index (χ2v) is 5.46. The van der Waals surface area contributed by atoms with Crippen molar-refractivity contribution in [2.45, 2.75) is 13.3 Å². The summed E-state index contributed by atoms with van der Waals surface area (Å²) in [6.45, 7) is 1.83. The van der Waals surface area contributed by atoms with Gasteiger partial charge in [0.1, 0.15) is 5.82 Å². The molecule has 0 heterocycles. The molecule has 25 heavy (non-hydrogen) atoms. The zero-order valence-corrected chi connectivity index (χ0v) is 13.6. The summed E-state index contributed by atoms with van der Waals surface area (Å²) < 4.78 is 13.8. The van der Waals surface area contributed by atoms with E-state index in [0.717, 1.165) is 5.56 Å². The number of primary amides is 1. The normalized spacial score (nSPS) is 10.2. The minimum Gasteiger partial charge on any atom is -0.370 e. The Morgan fingerprint density at radius 2 is 1.76 bits per heavy atom. The van der Waals surface area contributed by atoms with Gasteiger partial charge < -0.3 is 16.4 Å². The fraction of sp³-hybridized carbons (Fsp3) is 0.167. The highest BCUT2D eigenvalue weighted by Crippen LogP contribution is 2.18. The van der Waals surface area contributed by atoms with Crippen LogP contribution in [-0.4, -0.2) is 24.3 Å². The monoisotopic (exact) mass is 343 g/mol. The van der Waals surface area contributed by atoms with Crippen molar-refractivity contribution in [3.8, 4) is 0 Å². The van der Waals surface area contributed by atoms with E-state index in [-0.39, 0.29) is 29.8 Å². The largest absolute Gasteiger partial charge is 0.370 e. The maximum Gasteiger partial charge on any atom is 0.258 e. The summed E-state index contributed by atoms with van der Waals surface area (Å²) in [6, 6.07) is 10.5. The molecule has 130 valence electrons. The number of carbonyl (C=O) groups is 3. The Morgan fingerprint density at radius 1 is 1.04 bits per heavy atom. The number of aryl methyl sites for hydroxylation is 1. The van der Waals surface area contributed by atoms with E-state index in [0.29, 0.717) is 0 Å². The highest BCUT2D eigenvalue weighted by molar-refractivity contribution is 6.09. The quantitative estimate of drug-likeness (QED) is 0.747. The Labute approximate surface area is 144 Å². The number of anilines is 1. The van der Waals surface area contributed by atoms with E-state index in [2.05, 4.69) is 10.6 Å². The first-order valence-electron chi connectivity index (χ1n) is 7.61. The van der Waals surface area contributed by atoms with E-state index in [1.807, 2.05) is 0 Å². The predicted octanol–water partition coefficient (Wildman–Crippen LogP) is 1.99. The van der Waals surface area contributed by atoms with Crippen molar-refractivity contribution >= 4 is 23.4 Å². The Balaban J connectivity index is 2.17. The van der Waals surface area contributed by atoms with E-state index < -0.39 is 23.5 Å². The van der Waals surface area contributed by atoms with Gasteiger partial charge in [0.05, 0.1) is 16.8 Å². The molecule has 7 heteroatoms. The van der Waals surface area contributed by atoms with Crippen molar-refractivity contribution in [2.24, 2.45) is 5.73 Å². The van der Waals surface area contributed by atoms with Gasteiger partial charge in [-0.05, 0) is 31.2 Å². The standard InChI is InChI=1S/C18H18FN3O3/c1-11-6-7-14(19)13(10-11)18(25)22-15-5-3-2-4-12(15)17(24)21-9-8-16(20)23/h2-7,10H,8-9H2,1H3,(H2,20,23)(H,21,24)(H,22,25). The van der Waals surface area contributed by atoms with Gasteiger partial charge in [-0.3, -0.25) is 14.4 Å². The number of benzene rings is 2. The molecule has 3 amide bonds. The molecule has 0 aromatic heterocycles. The van der Waals surface area contributed by atoms with Crippen LogP contribution in [0.25, 0.3) is 0 Å². The Morgan fingerprint density at radius 3 is 2.48 bits per heavy atom. The van der Waals surface area contributed by atoms with Crippen LogP contribution >= 0.6 is 0 Å². The third-order valence-corrected chi connectivity index (χ3v) is 3.44. The topological polar surface area (TPSA) is 101 Å². The summed E-state index contributed by atoms with van der Waals surface area (Å²) in [4.78, 5) is 35.2. The number of nitrogens with one attached hydrogen (secondary N) is 2. The fourth-order valence-electron chi connectivity index (χ4n) is 2.19. The van der Waals surface area contributed by atoms with Crippen LogP contribution in [0, 0.1) is 12.7 Å². The molecule has 2 rings (SSSR count). The molecule has 0 bridgehead atoms. The van der Waals surface area contributed by atoms with Crippen molar-refractivity contribution < 1.29 is 18.8 Å². The molecule has 0 saturated heterocycles. The number of halogens is 1. The minimum atomic E-state index is -0.654. The zero-order chi connectivity index (χ0) is 18.4. The van der Waals surface area contributed by atoms with Gasteiger partial charge in [0.2, 0.25) is 5.91 Å². The van der Waals surface area contributed by atoms with Gasteiger partial charge in [0, 0.05) is 13.0 Å². The Kier molecular flexibility index (Phi) is 5.84. The van der Waals surface area contributed by atoms with Gasteiger partial charge in [-0.25, -0.2) is 4.39 Å². The van der Waals surface area contributed by atoms with Gasteiger partial charge in [0.25, 0.3) is 11.8 Å². The molecule has 0 saturated carbocycles. The van der Waals surface area contributed by atoms with Crippen molar-refractivity contribution in [1.29, 1.82) is 0 Å². The number of para-hydroxylation sites is 1. The maximum atomic E-state index is 13.8. The van der Waals surface area contributed by atoms with Crippen LogP contribution in [0.5, 0.6) is 0 Å². The molecule has 0 atom stereocenters. The number of amides is 3. The van der Waals surface area contributed by atoms with Crippen LogP contribution in [0.2, 0.25) is 0 Å². The van der Waals surface area contributed by atoms with Gasteiger partial charge in [-0.15, -0.1) is 0 Å². The molecule has 4 N–H and O–H groups in total. The van der Waals surface area contributed by atoms with Crippen LogP contribution in [0.15, 0.2) is 42.5 Å². The molecule has 2 aromatic rings. The van der Waals surface area contributed by atoms with Crippen molar-refractivity contribution in [1.82, 2.24) is 5.32 Å². The fourth-order valence-corrected chi connectivity index (χ4v) is 2.19. The molecule has 2 aromatic carbocycles. The SMILES string of the molecule is Cc1ccc(F)c(C(=O)Nc2ccccc2C(=O)NCCC(N)=O)c1. The third-order valence-electron chi connectivity index (χ3n) is 3.44. The zero-order valence-electron chi connectivity index (χ0n) is 13.6. The maximum absolute atomic E-state index is 13.8. The number of hydrogen-bond donors (Lipinski definition) is 3. The number of carbonyl (C=O) groups excluding carboxylic acids is 3. The first kappa shape index (κ1) is 18.1. The summed E-state index contributed by atoms with van der Waals surface area (Å²) in [5, 5.41) is 5.08. The molecular weight excluding hydrogens is 325 g/mol. The lowest BCUT2D eigenvalue weighted by atomic mass is 10.1. The average molecular weight is 343 g/mol. The molecule has 6 nitrogen and oxygen atoms in total. The first-order chi connectivity index (χ1) is 11.9. The second kappa shape index (κ2) is 8.05. The smallest absolute Gasteiger partial charge is 0.258 e. The van der Waals surface area contributed by atoms with Crippen LogP contribution in [0.4, 0.5) is 10.1 Å². The van der Waals surface area contributed by atoms with Crippen molar-refractivity contribution in [3.05, 3.63) is 65.0 Å². The summed E-state index contributed by atoms with van der Waals surface area (Å²) in [7, 11) is 0.